The molecule has 0 aromatic rings. The van der Waals surface area contributed by atoms with Gasteiger partial charge in [-0.3, -0.25) is 4.55 Å². The summed E-state index contributed by atoms with van der Waals surface area (Å²) in [6.45, 7) is 2.23. The molecule has 6 nitrogen and oxygen atoms in total. The zero-order valence-corrected chi connectivity index (χ0v) is 20.3. The molecule has 1 aliphatic rings. The van der Waals surface area contributed by atoms with Crippen LogP contribution in [0.4, 0.5) is 0 Å². The lowest BCUT2D eigenvalue weighted by atomic mass is 9.82. The minimum absolute atomic E-state index is 0.108. The molecule has 31 heavy (non-hydrogen) atoms. The lowest BCUT2D eigenvalue weighted by Gasteiger charge is -2.31. The number of carbonyl (C=O) groups is 1. The zero-order chi connectivity index (χ0) is 23.3. The van der Waals surface area contributed by atoms with Crippen LogP contribution in [0.25, 0.3) is 0 Å². The largest absolute Gasteiger partial charge is 0.478 e. The Hall–Kier alpha value is -1.09. The van der Waals surface area contributed by atoms with Gasteiger partial charge in [0.25, 0.3) is 10.1 Å². The molecule has 0 aromatic carbocycles. The van der Waals surface area contributed by atoms with E-state index in [-0.39, 0.29) is 11.3 Å². The molecule has 0 saturated heterocycles. The number of carboxylic acids is 1. The maximum atomic E-state index is 11.5. The van der Waals surface area contributed by atoms with E-state index < -0.39 is 32.2 Å². The molecule has 1 rings (SSSR count). The van der Waals surface area contributed by atoms with Gasteiger partial charge >= 0.3 is 5.97 Å². The van der Waals surface area contributed by atoms with Crippen molar-refractivity contribution >= 4 is 33.2 Å². The third-order valence-electron chi connectivity index (χ3n) is 5.83. The second-order valence-corrected chi connectivity index (χ2v) is 10.3. The fourth-order valence-electron chi connectivity index (χ4n) is 3.91. The molecule has 0 aliphatic heterocycles. The van der Waals surface area contributed by atoms with Gasteiger partial charge in [-0.15, -0.1) is 0 Å². The van der Waals surface area contributed by atoms with E-state index >= 15 is 0 Å². The van der Waals surface area contributed by atoms with Gasteiger partial charge in [0, 0.05) is 0 Å². The van der Waals surface area contributed by atoms with Crippen molar-refractivity contribution in [2.75, 3.05) is 0 Å². The molecule has 1 unspecified atom stereocenters. The second kappa shape index (κ2) is 14.1. The van der Waals surface area contributed by atoms with Crippen LogP contribution >= 0.6 is 12.2 Å². The molecule has 0 fully saturated rings. The summed E-state index contributed by atoms with van der Waals surface area (Å²) < 4.78 is 31.8. The lowest BCUT2D eigenvalue weighted by molar-refractivity contribution is -0.134. The van der Waals surface area contributed by atoms with Crippen molar-refractivity contribution in [1.29, 1.82) is 0 Å². The predicted molar refractivity (Wildman–Crippen MR) is 128 cm³/mol. The molecule has 1 atom stereocenters. The third-order valence-corrected chi connectivity index (χ3v) is 7.12. The Morgan fingerprint density at radius 3 is 1.68 bits per heavy atom. The van der Waals surface area contributed by atoms with Gasteiger partial charge in [0.05, 0.1) is 15.3 Å². The van der Waals surface area contributed by atoms with E-state index in [2.05, 4.69) is 6.92 Å². The van der Waals surface area contributed by atoms with E-state index in [1.54, 1.807) is 0 Å². The van der Waals surface area contributed by atoms with Gasteiger partial charge in [0.15, 0.2) is 0 Å². The molecule has 0 spiro atoms. The van der Waals surface area contributed by atoms with Gasteiger partial charge in [-0.1, -0.05) is 103 Å². The standard InChI is InChI=1S/C23H38O6S2/c1-2-3-4-5-6-7-8-9-10-11-12-13-14-15-16-23(26)20(22(24)25)17-19(18-21(23)30)31(27,28)29/h17-18,26H,2-16H2,1H3,(H,24,25)(H,27,28,29). The quantitative estimate of drug-likeness (QED) is 0.140. The molecule has 1 aliphatic carbocycles. The normalized spacial score (nSPS) is 19.3. The number of aliphatic hydroxyl groups is 1. The predicted octanol–water partition coefficient (Wildman–Crippen LogP) is 5.76. The van der Waals surface area contributed by atoms with Crippen molar-refractivity contribution in [3.63, 3.8) is 0 Å². The first-order valence-electron chi connectivity index (χ1n) is 11.5. The van der Waals surface area contributed by atoms with E-state index in [0.29, 0.717) is 6.42 Å². The third kappa shape index (κ3) is 9.93. The van der Waals surface area contributed by atoms with Crippen LogP contribution in [0.5, 0.6) is 0 Å². The van der Waals surface area contributed by atoms with E-state index in [1.165, 1.54) is 64.2 Å². The number of unbranched alkanes of at least 4 members (excludes halogenated alkanes) is 13. The summed E-state index contributed by atoms with van der Waals surface area (Å²) >= 11 is 5.08. The molecule has 0 bridgehead atoms. The van der Waals surface area contributed by atoms with Crippen molar-refractivity contribution in [2.24, 2.45) is 0 Å². The van der Waals surface area contributed by atoms with Gasteiger partial charge in [0.1, 0.15) is 5.60 Å². The first kappa shape index (κ1) is 27.9. The highest BCUT2D eigenvalue weighted by atomic mass is 32.2. The smallest absolute Gasteiger partial charge is 0.334 e. The zero-order valence-electron chi connectivity index (χ0n) is 18.6. The van der Waals surface area contributed by atoms with Crippen LogP contribution in [0.1, 0.15) is 103 Å². The highest BCUT2D eigenvalue weighted by molar-refractivity contribution is 7.90. The average Bonchev–Trinajstić information content (AvgIpc) is 2.69. The Morgan fingerprint density at radius 2 is 1.29 bits per heavy atom. The number of hydrogen-bond acceptors (Lipinski definition) is 5. The summed E-state index contributed by atoms with van der Waals surface area (Å²) in [7, 11) is -4.60. The Kier molecular flexibility index (Phi) is 12.7. The maximum Gasteiger partial charge on any atom is 0.334 e. The van der Waals surface area contributed by atoms with E-state index in [9.17, 15) is 23.4 Å². The summed E-state index contributed by atoms with van der Waals surface area (Å²) in [5.74, 6) is -1.45. The second-order valence-electron chi connectivity index (χ2n) is 8.46. The molecule has 3 N–H and O–H groups in total. The first-order valence-corrected chi connectivity index (χ1v) is 13.4. The molecule has 0 heterocycles. The van der Waals surface area contributed by atoms with Crippen molar-refractivity contribution in [3.8, 4) is 0 Å². The SMILES string of the molecule is CCCCCCCCCCCCCCCCC1(O)C(=S)C=C(S(=O)(=O)O)C=C1C(=O)O. The molecular formula is C23H38O6S2. The summed E-state index contributed by atoms with van der Waals surface area (Å²) in [5, 5.41) is 20.2. The van der Waals surface area contributed by atoms with E-state index in [4.69, 9.17) is 16.8 Å². The Labute approximate surface area is 192 Å². The minimum Gasteiger partial charge on any atom is -0.478 e. The number of aliphatic carboxylic acids is 1. The van der Waals surface area contributed by atoms with Gasteiger partial charge in [-0.25, -0.2) is 4.79 Å². The summed E-state index contributed by atoms with van der Waals surface area (Å²) in [5.41, 5.74) is -2.41. The highest BCUT2D eigenvalue weighted by Gasteiger charge is 2.42. The van der Waals surface area contributed by atoms with Gasteiger partial charge in [-0.2, -0.15) is 8.42 Å². The Morgan fingerprint density at radius 1 is 0.871 bits per heavy atom. The monoisotopic (exact) mass is 474 g/mol. The van der Waals surface area contributed by atoms with Crippen LogP contribution in [0.3, 0.4) is 0 Å². The molecule has 8 heteroatoms. The molecule has 0 radical (unpaired) electrons. The Balaban J connectivity index is 2.27. The van der Waals surface area contributed by atoms with Crippen molar-refractivity contribution in [3.05, 3.63) is 22.6 Å². The van der Waals surface area contributed by atoms with Gasteiger partial charge in [-0.05, 0) is 25.0 Å². The van der Waals surface area contributed by atoms with Gasteiger partial charge in [0.2, 0.25) is 0 Å². The molecular weight excluding hydrogens is 436 g/mol. The average molecular weight is 475 g/mol. The number of rotatable bonds is 17. The van der Waals surface area contributed by atoms with Crippen LogP contribution in [-0.2, 0) is 14.9 Å². The fourth-order valence-corrected chi connectivity index (χ4v) is 4.85. The summed E-state index contributed by atoms with van der Waals surface area (Å²) in [4.78, 5) is 10.7. The first-order chi connectivity index (χ1) is 14.6. The van der Waals surface area contributed by atoms with Crippen LogP contribution in [0.2, 0.25) is 0 Å². The fraction of sp³-hybridized carbons (Fsp3) is 0.739. The highest BCUT2D eigenvalue weighted by Crippen LogP contribution is 2.33. The van der Waals surface area contributed by atoms with Crippen LogP contribution in [-0.4, -0.2) is 39.6 Å². The number of allylic oxidation sites excluding steroid dienone is 1. The van der Waals surface area contributed by atoms with Crippen molar-refractivity contribution in [2.45, 2.75) is 109 Å². The number of thiocarbonyl (C=S) groups is 1. The van der Waals surface area contributed by atoms with Gasteiger partial charge < -0.3 is 10.2 Å². The van der Waals surface area contributed by atoms with Crippen LogP contribution in [0, 0.1) is 0 Å². The van der Waals surface area contributed by atoms with Crippen molar-refractivity contribution < 1.29 is 28.0 Å². The van der Waals surface area contributed by atoms with Crippen LogP contribution in [0.15, 0.2) is 22.6 Å². The van der Waals surface area contributed by atoms with E-state index in [0.717, 1.165) is 31.4 Å². The number of hydrogen-bond donors (Lipinski definition) is 3. The lowest BCUT2D eigenvalue weighted by Crippen LogP contribution is -2.43. The topological polar surface area (TPSA) is 112 Å². The molecule has 178 valence electrons. The Bertz CT molecular complexity index is 754. The van der Waals surface area contributed by atoms with E-state index in [1.807, 2.05) is 0 Å². The van der Waals surface area contributed by atoms with Crippen LogP contribution < -0.4 is 0 Å². The summed E-state index contributed by atoms with van der Waals surface area (Å²) in [6.07, 6.45) is 18.4. The minimum atomic E-state index is -4.60. The van der Waals surface area contributed by atoms with Crippen molar-refractivity contribution in [1.82, 2.24) is 0 Å². The maximum absolute atomic E-state index is 11.5. The molecule has 0 amide bonds. The number of carboxylic acid groups (broad SMARTS) is 1. The molecule has 0 aromatic heterocycles. The summed E-state index contributed by atoms with van der Waals surface area (Å²) in [6, 6.07) is 0. The molecule has 0 saturated carbocycles.